The first-order valence-electron chi connectivity index (χ1n) is 6.99. The van der Waals surface area contributed by atoms with Gasteiger partial charge in [-0.15, -0.1) is 0 Å². The molecule has 0 unspecified atom stereocenters. The van der Waals surface area contributed by atoms with Crippen LogP contribution in [-0.2, 0) is 6.54 Å². The molecule has 0 radical (unpaired) electrons. The van der Waals surface area contributed by atoms with E-state index in [-0.39, 0.29) is 0 Å². The summed E-state index contributed by atoms with van der Waals surface area (Å²) in [5.74, 6) is 0.839. The molecule has 1 aromatic heterocycles. The van der Waals surface area contributed by atoms with Crippen LogP contribution in [0, 0.1) is 6.92 Å². The second-order valence-electron chi connectivity index (χ2n) is 5.14. The number of hydrogen-bond acceptors (Lipinski definition) is 3. The Bertz CT molecular complexity index is 831. The number of rotatable bonds is 1. The van der Waals surface area contributed by atoms with E-state index in [0.29, 0.717) is 6.54 Å². The number of aliphatic imine (C=N–C) groups is 1. The summed E-state index contributed by atoms with van der Waals surface area (Å²) in [6.07, 6.45) is 0. The van der Waals surface area contributed by atoms with Crippen molar-refractivity contribution in [3.05, 3.63) is 77.2 Å². The minimum absolute atomic E-state index is 0.523. The number of benzene rings is 2. The van der Waals surface area contributed by atoms with Crippen molar-refractivity contribution in [3.8, 4) is 11.1 Å². The molecule has 102 valence electrons. The van der Waals surface area contributed by atoms with Crippen molar-refractivity contribution in [1.29, 1.82) is 0 Å². The van der Waals surface area contributed by atoms with Crippen molar-refractivity contribution >= 4 is 5.71 Å². The van der Waals surface area contributed by atoms with Crippen LogP contribution in [0.3, 0.4) is 0 Å². The summed E-state index contributed by atoms with van der Waals surface area (Å²) < 4.78 is 5.45. The number of nitrogens with zero attached hydrogens (tertiary/aromatic N) is 2. The molecule has 3 nitrogen and oxygen atoms in total. The Morgan fingerprint density at radius 2 is 1.62 bits per heavy atom. The Morgan fingerprint density at radius 1 is 0.905 bits per heavy atom. The lowest BCUT2D eigenvalue weighted by atomic mass is 9.93. The minimum Gasteiger partial charge on any atom is -0.358 e. The van der Waals surface area contributed by atoms with Gasteiger partial charge in [0.2, 0.25) is 0 Å². The summed E-state index contributed by atoms with van der Waals surface area (Å²) in [7, 11) is 0. The van der Waals surface area contributed by atoms with Crippen LogP contribution in [-0.4, -0.2) is 10.9 Å². The Kier molecular flexibility index (Phi) is 2.71. The van der Waals surface area contributed by atoms with Gasteiger partial charge in [-0.2, -0.15) is 0 Å². The van der Waals surface area contributed by atoms with Crippen LogP contribution in [0.5, 0.6) is 0 Å². The van der Waals surface area contributed by atoms with Crippen molar-refractivity contribution < 1.29 is 4.52 Å². The molecule has 0 spiro atoms. The molecule has 2 heterocycles. The van der Waals surface area contributed by atoms with E-state index >= 15 is 0 Å². The predicted molar refractivity (Wildman–Crippen MR) is 82.5 cm³/mol. The lowest BCUT2D eigenvalue weighted by Gasteiger charge is -2.10. The SMILES string of the molecule is Cc1noc2c1-c1ccccc1C(c1ccccc1)=NC2. The van der Waals surface area contributed by atoms with Gasteiger partial charge in [-0.1, -0.05) is 59.8 Å². The monoisotopic (exact) mass is 274 g/mol. The molecule has 0 amide bonds. The van der Waals surface area contributed by atoms with E-state index in [9.17, 15) is 0 Å². The van der Waals surface area contributed by atoms with E-state index in [1.165, 1.54) is 0 Å². The zero-order chi connectivity index (χ0) is 14.2. The highest BCUT2D eigenvalue weighted by atomic mass is 16.5. The number of aryl methyl sites for hydroxylation is 1. The van der Waals surface area contributed by atoms with Gasteiger partial charge in [0, 0.05) is 11.1 Å². The predicted octanol–water partition coefficient (Wildman–Crippen LogP) is 4.00. The van der Waals surface area contributed by atoms with Gasteiger partial charge >= 0.3 is 0 Å². The first kappa shape index (κ1) is 12.1. The molecule has 4 rings (SSSR count). The topological polar surface area (TPSA) is 38.4 Å². The van der Waals surface area contributed by atoms with Gasteiger partial charge in [-0.25, -0.2) is 0 Å². The summed E-state index contributed by atoms with van der Waals surface area (Å²) in [5.41, 5.74) is 6.42. The van der Waals surface area contributed by atoms with Crippen LogP contribution in [0.2, 0.25) is 0 Å². The van der Waals surface area contributed by atoms with Gasteiger partial charge < -0.3 is 4.52 Å². The fourth-order valence-corrected chi connectivity index (χ4v) is 2.86. The quantitative estimate of drug-likeness (QED) is 0.672. The van der Waals surface area contributed by atoms with Crippen LogP contribution in [0.1, 0.15) is 22.6 Å². The lowest BCUT2D eigenvalue weighted by Crippen LogP contribution is -2.04. The third-order valence-electron chi connectivity index (χ3n) is 3.81. The molecule has 3 aromatic rings. The van der Waals surface area contributed by atoms with Crippen molar-refractivity contribution in [1.82, 2.24) is 5.16 Å². The second kappa shape index (κ2) is 4.70. The van der Waals surface area contributed by atoms with Crippen LogP contribution < -0.4 is 0 Å². The average molecular weight is 274 g/mol. The van der Waals surface area contributed by atoms with Crippen molar-refractivity contribution in [3.63, 3.8) is 0 Å². The Balaban J connectivity index is 1.99. The number of aromatic nitrogens is 1. The third-order valence-corrected chi connectivity index (χ3v) is 3.81. The highest BCUT2D eigenvalue weighted by Gasteiger charge is 2.23. The van der Waals surface area contributed by atoms with Gasteiger partial charge in [0.05, 0.1) is 17.0 Å². The van der Waals surface area contributed by atoms with E-state index < -0.39 is 0 Å². The van der Waals surface area contributed by atoms with Gasteiger partial charge in [-0.05, 0) is 12.5 Å². The molecule has 3 heteroatoms. The van der Waals surface area contributed by atoms with Crippen LogP contribution >= 0.6 is 0 Å². The highest BCUT2D eigenvalue weighted by Crippen LogP contribution is 2.34. The smallest absolute Gasteiger partial charge is 0.166 e. The van der Waals surface area contributed by atoms with E-state index in [2.05, 4.69) is 29.4 Å². The molecule has 0 atom stereocenters. The maximum Gasteiger partial charge on any atom is 0.166 e. The van der Waals surface area contributed by atoms with Crippen LogP contribution in [0.4, 0.5) is 0 Å². The van der Waals surface area contributed by atoms with E-state index in [1.807, 2.05) is 37.3 Å². The highest BCUT2D eigenvalue weighted by molar-refractivity contribution is 6.16. The van der Waals surface area contributed by atoms with Gasteiger partial charge in [0.15, 0.2) is 5.76 Å². The third kappa shape index (κ3) is 1.89. The zero-order valence-corrected chi connectivity index (χ0v) is 11.7. The van der Waals surface area contributed by atoms with Crippen LogP contribution in [0.15, 0.2) is 64.1 Å². The van der Waals surface area contributed by atoms with Crippen molar-refractivity contribution in [2.75, 3.05) is 0 Å². The molecule has 1 aliphatic heterocycles. The van der Waals surface area contributed by atoms with Crippen LogP contribution in [0.25, 0.3) is 11.1 Å². The second-order valence-corrected chi connectivity index (χ2v) is 5.14. The number of hydrogen-bond donors (Lipinski definition) is 0. The summed E-state index contributed by atoms with van der Waals surface area (Å²) in [6.45, 7) is 2.50. The van der Waals surface area contributed by atoms with E-state index in [4.69, 9.17) is 9.52 Å². The Morgan fingerprint density at radius 3 is 2.43 bits per heavy atom. The Labute approximate surface area is 122 Å². The molecule has 0 bridgehead atoms. The molecule has 0 fully saturated rings. The maximum absolute atomic E-state index is 5.45. The average Bonchev–Trinajstić information content (AvgIpc) is 2.81. The standard InChI is InChI=1S/C18H14N2O/c1-12-17-14-9-5-6-10-15(14)18(13-7-3-2-4-8-13)19-11-16(17)21-20-12/h2-10H,11H2,1H3. The largest absolute Gasteiger partial charge is 0.358 e. The normalized spacial score (nSPS) is 13.1. The van der Waals surface area contributed by atoms with Gasteiger partial charge in [0.1, 0.15) is 6.54 Å². The zero-order valence-electron chi connectivity index (χ0n) is 11.7. The van der Waals surface area contributed by atoms with Gasteiger partial charge in [0.25, 0.3) is 0 Å². The van der Waals surface area contributed by atoms with Crippen molar-refractivity contribution in [2.24, 2.45) is 4.99 Å². The molecule has 0 saturated carbocycles. The summed E-state index contributed by atoms with van der Waals surface area (Å²) in [5, 5.41) is 4.09. The minimum atomic E-state index is 0.523. The molecule has 21 heavy (non-hydrogen) atoms. The summed E-state index contributed by atoms with van der Waals surface area (Å²) >= 11 is 0. The fraction of sp³-hybridized carbons (Fsp3) is 0.111. The van der Waals surface area contributed by atoms with Gasteiger partial charge in [-0.3, -0.25) is 4.99 Å². The summed E-state index contributed by atoms with van der Waals surface area (Å²) in [6, 6.07) is 18.6. The molecular formula is C18H14N2O. The molecule has 0 aliphatic carbocycles. The Hall–Kier alpha value is -2.68. The maximum atomic E-state index is 5.45. The fourth-order valence-electron chi connectivity index (χ4n) is 2.86. The number of fused-ring (bicyclic) bond motifs is 3. The molecule has 1 aliphatic rings. The first-order valence-corrected chi connectivity index (χ1v) is 6.99. The first-order chi connectivity index (χ1) is 10.3. The molecule has 0 N–H and O–H groups in total. The van der Waals surface area contributed by atoms with Crippen molar-refractivity contribution in [2.45, 2.75) is 13.5 Å². The summed E-state index contributed by atoms with van der Waals surface area (Å²) in [4.78, 5) is 4.77. The molecular weight excluding hydrogens is 260 g/mol. The molecule has 0 saturated heterocycles. The van der Waals surface area contributed by atoms with E-state index in [1.54, 1.807) is 0 Å². The molecule has 2 aromatic carbocycles. The lowest BCUT2D eigenvalue weighted by molar-refractivity contribution is 0.382. The van der Waals surface area contributed by atoms with E-state index in [0.717, 1.165) is 39.4 Å².